The van der Waals surface area contributed by atoms with Crippen molar-refractivity contribution in [2.45, 2.75) is 46.6 Å². The topological polar surface area (TPSA) is 63.8 Å². The van der Waals surface area contributed by atoms with Gasteiger partial charge in [0.25, 0.3) is 0 Å². The van der Waals surface area contributed by atoms with Crippen LogP contribution in [0.2, 0.25) is 0 Å². The first-order valence-corrected chi connectivity index (χ1v) is 7.40. The maximum atomic E-state index is 5.82. The molecule has 0 amide bonds. The van der Waals surface area contributed by atoms with Crippen molar-refractivity contribution in [2.75, 3.05) is 0 Å². The maximum Gasteiger partial charge on any atom is 0.0676 e. The number of aryl methyl sites for hydroxylation is 4. The van der Waals surface area contributed by atoms with Crippen molar-refractivity contribution in [2.24, 2.45) is 5.84 Å². The quantitative estimate of drug-likeness (QED) is 0.654. The zero-order chi connectivity index (χ0) is 15.4. The summed E-state index contributed by atoms with van der Waals surface area (Å²) in [5.41, 5.74) is 9.90. The molecule has 2 aromatic rings. The van der Waals surface area contributed by atoms with Crippen LogP contribution in [0.5, 0.6) is 0 Å². The van der Waals surface area contributed by atoms with Gasteiger partial charge in [-0.1, -0.05) is 30.7 Å². The highest BCUT2D eigenvalue weighted by molar-refractivity contribution is 5.33. The van der Waals surface area contributed by atoms with Crippen LogP contribution in [0.15, 0.2) is 24.3 Å². The molecule has 4 nitrogen and oxygen atoms in total. The van der Waals surface area contributed by atoms with E-state index in [9.17, 15) is 0 Å². The highest BCUT2D eigenvalue weighted by Crippen LogP contribution is 2.23. The molecule has 0 aliphatic carbocycles. The van der Waals surface area contributed by atoms with Gasteiger partial charge in [-0.15, -0.1) is 0 Å². The lowest BCUT2D eigenvalue weighted by Crippen LogP contribution is -2.31. The number of hydrogen-bond acceptors (Lipinski definition) is 4. The first-order chi connectivity index (χ1) is 10.0. The first kappa shape index (κ1) is 15.6. The Morgan fingerprint density at radius 3 is 2.57 bits per heavy atom. The summed E-state index contributed by atoms with van der Waals surface area (Å²) in [6.07, 6.45) is 1.70. The van der Waals surface area contributed by atoms with Crippen molar-refractivity contribution in [1.29, 1.82) is 0 Å². The van der Waals surface area contributed by atoms with Crippen LogP contribution >= 0.6 is 0 Å². The molecule has 112 valence electrons. The fourth-order valence-electron chi connectivity index (χ4n) is 2.61. The van der Waals surface area contributed by atoms with Gasteiger partial charge in [0.15, 0.2) is 0 Å². The maximum absolute atomic E-state index is 5.82. The average molecular weight is 284 g/mol. The zero-order valence-corrected chi connectivity index (χ0v) is 13.3. The number of nitrogens with one attached hydrogen (secondary N) is 1. The van der Waals surface area contributed by atoms with Crippen LogP contribution < -0.4 is 11.3 Å². The highest BCUT2D eigenvalue weighted by atomic mass is 15.2. The summed E-state index contributed by atoms with van der Waals surface area (Å²) in [5.74, 6) is 5.82. The third-order valence-electron chi connectivity index (χ3n) is 3.87. The lowest BCUT2D eigenvalue weighted by Gasteiger charge is -2.20. The number of hydrogen-bond donors (Lipinski definition) is 2. The lowest BCUT2D eigenvalue weighted by molar-refractivity contribution is 0.540. The highest BCUT2D eigenvalue weighted by Gasteiger charge is 2.17. The van der Waals surface area contributed by atoms with E-state index in [2.05, 4.69) is 60.7 Å². The molecule has 0 saturated carbocycles. The summed E-state index contributed by atoms with van der Waals surface area (Å²) < 4.78 is 0. The molecule has 1 aromatic heterocycles. The number of benzene rings is 1. The fourth-order valence-corrected chi connectivity index (χ4v) is 2.61. The normalized spacial score (nSPS) is 12.4. The van der Waals surface area contributed by atoms with Gasteiger partial charge in [-0.3, -0.25) is 11.3 Å². The van der Waals surface area contributed by atoms with Crippen molar-refractivity contribution in [3.63, 3.8) is 0 Å². The van der Waals surface area contributed by atoms with Gasteiger partial charge in [-0.2, -0.15) is 10.2 Å². The molecule has 0 spiro atoms. The molecule has 1 unspecified atom stereocenters. The van der Waals surface area contributed by atoms with Crippen LogP contribution in [0.1, 0.15) is 46.6 Å². The largest absolute Gasteiger partial charge is 0.271 e. The lowest BCUT2D eigenvalue weighted by atomic mass is 9.94. The van der Waals surface area contributed by atoms with Gasteiger partial charge in [0, 0.05) is 0 Å². The molecule has 1 heterocycles. The summed E-state index contributed by atoms with van der Waals surface area (Å²) in [5, 5.41) is 8.45. The van der Waals surface area contributed by atoms with E-state index in [1.165, 1.54) is 16.7 Å². The van der Waals surface area contributed by atoms with Crippen LogP contribution in [-0.4, -0.2) is 10.2 Å². The SMILES string of the molecule is CCc1nnc(C)cc1C(Cc1cc(C)ccc1C)NN. The van der Waals surface area contributed by atoms with Crippen molar-refractivity contribution in [3.8, 4) is 0 Å². The van der Waals surface area contributed by atoms with Crippen LogP contribution in [0.25, 0.3) is 0 Å². The van der Waals surface area contributed by atoms with Crippen molar-refractivity contribution >= 4 is 0 Å². The first-order valence-electron chi connectivity index (χ1n) is 7.40. The van der Waals surface area contributed by atoms with E-state index in [1.807, 2.05) is 6.92 Å². The monoisotopic (exact) mass is 284 g/mol. The molecule has 0 saturated heterocycles. The molecule has 1 aromatic carbocycles. The summed E-state index contributed by atoms with van der Waals surface area (Å²) in [4.78, 5) is 0. The third-order valence-corrected chi connectivity index (χ3v) is 3.87. The van der Waals surface area contributed by atoms with E-state index in [0.29, 0.717) is 0 Å². The Balaban J connectivity index is 2.36. The predicted molar refractivity (Wildman–Crippen MR) is 85.8 cm³/mol. The Hall–Kier alpha value is -1.78. The summed E-state index contributed by atoms with van der Waals surface area (Å²) in [6, 6.07) is 8.66. The number of aromatic nitrogens is 2. The Morgan fingerprint density at radius 2 is 1.90 bits per heavy atom. The van der Waals surface area contributed by atoms with Gasteiger partial charge >= 0.3 is 0 Å². The number of rotatable bonds is 5. The summed E-state index contributed by atoms with van der Waals surface area (Å²) in [6.45, 7) is 8.30. The van der Waals surface area contributed by atoms with Crippen molar-refractivity contribution < 1.29 is 0 Å². The van der Waals surface area contributed by atoms with Crippen LogP contribution in [-0.2, 0) is 12.8 Å². The number of nitrogens with zero attached hydrogens (tertiary/aromatic N) is 2. The molecule has 0 aliphatic heterocycles. The molecule has 1 atom stereocenters. The third kappa shape index (κ3) is 3.65. The molecule has 3 N–H and O–H groups in total. The molecule has 21 heavy (non-hydrogen) atoms. The molecule has 4 heteroatoms. The Morgan fingerprint density at radius 1 is 1.14 bits per heavy atom. The molecule has 2 rings (SSSR count). The summed E-state index contributed by atoms with van der Waals surface area (Å²) in [7, 11) is 0. The van der Waals surface area contributed by atoms with Gasteiger partial charge in [0.05, 0.1) is 17.4 Å². The molecule has 0 radical (unpaired) electrons. The average Bonchev–Trinajstić information content (AvgIpc) is 2.48. The number of hydrazine groups is 1. The van der Waals surface area contributed by atoms with Gasteiger partial charge < -0.3 is 0 Å². The second-order valence-corrected chi connectivity index (χ2v) is 5.59. The zero-order valence-electron chi connectivity index (χ0n) is 13.3. The van der Waals surface area contributed by atoms with Crippen molar-refractivity contribution in [1.82, 2.24) is 15.6 Å². The van der Waals surface area contributed by atoms with E-state index >= 15 is 0 Å². The van der Waals surface area contributed by atoms with E-state index in [1.54, 1.807) is 0 Å². The second kappa shape index (κ2) is 6.78. The van der Waals surface area contributed by atoms with Crippen LogP contribution in [0, 0.1) is 20.8 Å². The van der Waals surface area contributed by atoms with Gasteiger partial charge in [0.2, 0.25) is 0 Å². The molecule has 0 fully saturated rings. The minimum Gasteiger partial charge on any atom is -0.271 e. The minimum absolute atomic E-state index is 0.0506. The van der Waals surface area contributed by atoms with Crippen molar-refractivity contribution in [3.05, 3.63) is 57.9 Å². The Labute approximate surface area is 126 Å². The smallest absolute Gasteiger partial charge is 0.0676 e. The molecular weight excluding hydrogens is 260 g/mol. The standard InChI is InChI=1S/C17H24N4/c1-5-16-15(9-13(4)20-21-16)17(19-18)10-14-8-11(2)6-7-12(14)3/h6-9,17,19H,5,10,18H2,1-4H3. The molecular formula is C17H24N4. The van der Waals surface area contributed by atoms with Crippen LogP contribution in [0.3, 0.4) is 0 Å². The second-order valence-electron chi connectivity index (χ2n) is 5.59. The van der Waals surface area contributed by atoms with E-state index in [-0.39, 0.29) is 6.04 Å². The van der Waals surface area contributed by atoms with E-state index < -0.39 is 0 Å². The van der Waals surface area contributed by atoms with Gasteiger partial charge in [-0.05, 0) is 56.4 Å². The Bertz CT molecular complexity index is 622. The van der Waals surface area contributed by atoms with E-state index in [0.717, 1.165) is 29.8 Å². The predicted octanol–water partition coefficient (Wildman–Crippen LogP) is 2.71. The number of nitrogens with two attached hydrogens (primary N) is 1. The van der Waals surface area contributed by atoms with E-state index in [4.69, 9.17) is 5.84 Å². The molecule has 0 aliphatic rings. The van der Waals surface area contributed by atoms with Gasteiger partial charge in [-0.25, -0.2) is 0 Å². The van der Waals surface area contributed by atoms with Crippen LogP contribution in [0.4, 0.5) is 0 Å². The molecule has 0 bridgehead atoms. The summed E-state index contributed by atoms with van der Waals surface area (Å²) >= 11 is 0. The Kier molecular flexibility index (Phi) is 5.04. The minimum atomic E-state index is 0.0506. The fraction of sp³-hybridized carbons (Fsp3) is 0.412. The van der Waals surface area contributed by atoms with Gasteiger partial charge in [0.1, 0.15) is 0 Å².